The van der Waals surface area contributed by atoms with Gasteiger partial charge in [-0.1, -0.05) is 0 Å². The molecule has 0 saturated heterocycles. The Hall–Kier alpha value is -1.69. The largest absolute Gasteiger partial charge is 0.478 e. The molecule has 6 heteroatoms. The molecule has 0 spiro atoms. The van der Waals surface area contributed by atoms with Gasteiger partial charge < -0.3 is 15.5 Å². The van der Waals surface area contributed by atoms with E-state index in [2.05, 4.69) is 15.3 Å². The first-order valence-electron chi connectivity index (χ1n) is 4.99. The smallest absolute Gasteiger partial charge is 0.339 e. The van der Waals surface area contributed by atoms with Crippen molar-refractivity contribution in [2.24, 2.45) is 0 Å². The number of aromatic nitrogens is 2. The van der Waals surface area contributed by atoms with Gasteiger partial charge >= 0.3 is 5.97 Å². The number of anilines is 1. The minimum absolute atomic E-state index is 0.0982. The summed E-state index contributed by atoms with van der Waals surface area (Å²) in [7, 11) is 0. The number of aromatic carboxylic acids is 1. The Bertz CT molecular complexity index is 380. The van der Waals surface area contributed by atoms with Crippen LogP contribution in [-0.4, -0.2) is 38.8 Å². The molecule has 0 amide bonds. The van der Waals surface area contributed by atoms with Gasteiger partial charge in [0.2, 0.25) is 5.95 Å². The number of aryl methyl sites for hydroxylation is 1. The van der Waals surface area contributed by atoms with Crippen LogP contribution >= 0.6 is 0 Å². The van der Waals surface area contributed by atoms with E-state index in [-0.39, 0.29) is 11.7 Å². The first-order chi connectivity index (χ1) is 7.50. The van der Waals surface area contributed by atoms with E-state index >= 15 is 0 Å². The van der Waals surface area contributed by atoms with E-state index in [0.29, 0.717) is 24.6 Å². The molecular formula is C10H15N3O3. The number of aliphatic hydroxyl groups excluding tert-OH is 1. The lowest BCUT2D eigenvalue weighted by atomic mass is 10.2. The molecule has 88 valence electrons. The molecule has 1 atom stereocenters. The van der Waals surface area contributed by atoms with Crippen LogP contribution in [0, 0.1) is 6.92 Å². The molecule has 0 aliphatic carbocycles. The van der Waals surface area contributed by atoms with E-state index < -0.39 is 5.97 Å². The van der Waals surface area contributed by atoms with E-state index in [1.165, 1.54) is 6.20 Å². The Morgan fingerprint density at radius 3 is 2.81 bits per heavy atom. The summed E-state index contributed by atoms with van der Waals surface area (Å²) in [5.41, 5.74) is 0.517. The van der Waals surface area contributed by atoms with Gasteiger partial charge in [0.1, 0.15) is 0 Å². The summed E-state index contributed by atoms with van der Waals surface area (Å²) in [6, 6.07) is 0. The molecule has 0 bridgehead atoms. The molecule has 0 aromatic carbocycles. The average Bonchev–Trinajstić information content (AvgIpc) is 2.16. The van der Waals surface area contributed by atoms with Crippen LogP contribution in [0.3, 0.4) is 0 Å². The van der Waals surface area contributed by atoms with Crippen molar-refractivity contribution in [3.8, 4) is 0 Å². The van der Waals surface area contributed by atoms with Crippen molar-refractivity contribution >= 4 is 11.9 Å². The van der Waals surface area contributed by atoms with Crippen LogP contribution in [0.5, 0.6) is 0 Å². The van der Waals surface area contributed by atoms with Crippen molar-refractivity contribution in [1.29, 1.82) is 0 Å². The highest BCUT2D eigenvalue weighted by Gasteiger charge is 2.09. The molecule has 0 fully saturated rings. The molecule has 0 saturated carbocycles. The third kappa shape index (κ3) is 3.47. The number of carboxylic acid groups (broad SMARTS) is 1. The Labute approximate surface area is 93.4 Å². The fraction of sp³-hybridized carbons (Fsp3) is 0.500. The van der Waals surface area contributed by atoms with Gasteiger partial charge in [0, 0.05) is 12.7 Å². The molecule has 1 aromatic heterocycles. The fourth-order valence-corrected chi connectivity index (χ4v) is 1.16. The van der Waals surface area contributed by atoms with Crippen LogP contribution in [-0.2, 0) is 0 Å². The normalized spacial score (nSPS) is 12.2. The van der Waals surface area contributed by atoms with Gasteiger partial charge in [-0.25, -0.2) is 14.8 Å². The van der Waals surface area contributed by atoms with Gasteiger partial charge in [0.05, 0.1) is 17.4 Å². The standard InChI is InChI=1S/C10H15N3O3/c1-6(14)3-4-11-10-12-5-8(9(15)16)7(2)13-10/h5-6,14H,3-4H2,1-2H3,(H,15,16)(H,11,12,13). The highest BCUT2D eigenvalue weighted by molar-refractivity contribution is 5.88. The topological polar surface area (TPSA) is 95.3 Å². The average molecular weight is 225 g/mol. The minimum atomic E-state index is -1.03. The van der Waals surface area contributed by atoms with Crippen molar-refractivity contribution in [3.63, 3.8) is 0 Å². The Morgan fingerprint density at radius 2 is 2.31 bits per heavy atom. The molecule has 1 heterocycles. The number of hydrogen-bond acceptors (Lipinski definition) is 5. The summed E-state index contributed by atoms with van der Waals surface area (Å²) in [5.74, 6) is -0.656. The van der Waals surface area contributed by atoms with Gasteiger partial charge in [0.25, 0.3) is 0 Å². The first kappa shape index (κ1) is 12.4. The van der Waals surface area contributed by atoms with Gasteiger partial charge in [-0.05, 0) is 20.3 Å². The summed E-state index contributed by atoms with van der Waals surface area (Å²) in [4.78, 5) is 18.6. The van der Waals surface area contributed by atoms with Crippen LogP contribution in [0.15, 0.2) is 6.20 Å². The highest BCUT2D eigenvalue weighted by atomic mass is 16.4. The number of aliphatic hydroxyl groups is 1. The van der Waals surface area contributed by atoms with Gasteiger partial charge in [-0.3, -0.25) is 0 Å². The molecule has 0 radical (unpaired) electrons. The van der Waals surface area contributed by atoms with Crippen molar-refractivity contribution in [2.45, 2.75) is 26.4 Å². The number of rotatable bonds is 5. The third-order valence-corrected chi connectivity index (χ3v) is 2.05. The van der Waals surface area contributed by atoms with Crippen LogP contribution < -0.4 is 5.32 Å². The predicted molar refractivity (Wildman–Crippen MR) is 58.5 cm³/mol. The van der Waals surface area contributed by atoms with Gasteiger partial charge in [0.15, 0.2) is 0 Å². The summed E-state index contributed by atoms with van der Waals surface area (Å²) >= 11 is 0. The number of carbonyl (C=O) groups is 1. The lowest BCUT2D eigenvalue weighted by Crippen LogP contribution is -2.13. The number of carboxylic acids is 1. The molecule has 16 heavy (non-hydrogen) atoms. The van der Waals surface area contributed by atoms with Crippen LogP contribution in [0.1, 0.15) is 29.4 Å². The Balaban J connectivity index is 2.63. The van der Waals surface area contributed by atoms with Crippen molar-refractivity contribution in [2.75, 3.05) is 11.9 Å². The van der Waals surface area contributed by atoms with Gasteiger partial charge in [-0.2, -0.15) is 0 Å². The molecule has 0 aliphatic heterocycles. The van der Waals surface area contributed by atoms with E-state index in [0.717, 1.165) is 0 Å². The van der Waals surface area contributed by atoms with Crippen molar-refractivity contribution in [1.82, 2.24) is 9.97 Å². The molecule has 3 N–H and O–H groups in total. The lowest BCUT2D eigenvalue weighted by Gasteiger charge is -2.07. The fourth-order valence-electron chi connectivity index (χ4n) is 1.16. The number of nitrogens with one attached hydrogen (secondary N) is 1. The minimum Gasteiger partial charge on any atom is -0.478 e. The quantitative estimate of drug-likeness (QED) is 0.681. The predicted octanol–water partition coefficient (Wildman–Crippen LogP) is 0.666. The molecular weight excluding hydrogens is 210 g/mol. The second-order valence-corrected chi connectivity index (χ2v) is 3.56. The maximum atomic E-state index is 10.7. The second kappa shape index (κ2) is 5.41. The monoisotopic (exact) mass is 225 g/mol. The summed E-state index contributed by atoms with van der Waals surface area (Å²) < 4.78 is 0. The zero-order chi connectivity index (χ0) is 12.1. The van der Waals surface area contributed by atoms with Crippen LogP contribution in [0.4, 0.5) is 5.95 Å². The SMILES string of the molecule is Cc1nc(NCCC(C)O)ncc1C(=O)O. The van der Waals surface area contributed by atoms with Crippen LogP contribution in [0.2, 0.25) is 0 Å². The molecule has 1 rings (SSSR count). The number of nitrogens with zero attached hydrogens (tertiary/aromatic N) is 2. The maximum Gasteiger partial charge on any atom is 0.339 e. The maximum absolute atomic E-state index is 10.7. The van der Waals surface area contributed by atoms with Crippen LogP contribution in [0.25, 0.3) is 0 Å². The Kier molecular flexibility index (Phi) is 4.19. The first-order valence-corrected chi connectivity index (χ1v) is 4.99. The van der Waals surface area contributed by atoms with E-state index in [9.17, 15) is 4.79 Å². The van der Waals surface area contributed by atoms with Crippen molar-refractivity contribution in [3.05, 3.63) is 17.5 Å². The zero-order valence-electron chi connectivity index (χ0n) is 9.27. The second-order valence-electron chi connectivity index (χ2n) is 3.56. The number of hydrogen-bond donors (Lipinski definition) is 3. The summed E-state index contributed by atoms with van der Waals surface area (Å²) in [5, 5.41) is 20.7. The lowest BCUT2D eigenvalue weighted by molar-refractivity contribution is 0.0695. The third-order valence-electron chi connectivity index (χ3n) is 2.05. The van der Waals surface area contributed by atoms with Gasteiger partial charge in [-0.15, -0.1) is 0 Å². The van der Waals surface area contributed by atoms with E-state index in [1.54, 1.807) is 13.8 Å². The van der Waals surface area contributed by atoms with E-state index in [4.69, 9.17) is 10.2 Å². The summed E-state index contributed by atoms with van der Waals surface area (Å²) in [6.07, 6.45) is 1.48. The Morgan fingerprint density at radius 1 is 1.62 bits per heavy atom. The van der Waals surface area contributed by atoms with Crippen molar-refractivity contribution < 1.29 is 15.0 Å². The zero-order valence-corrected chi connectivity index (χ0v) is 9.27. The highest BCUT2D eigenvalue weighted by Crippen LogP contribution is 2.06. The van der Waals surface area contributed by atoms with E-state index in [1.807, 2.05) is 0 Å². The molecule has 0 aliphatic rings. The summed E-state index contributed by atoms with van der Waals surface area (Å²) in [6.45, 7) is 3.86. The molecule has 1 aromatic rings. The molecule has 1 unspecified atom stereocenters. The molecule has 6 nitrogen and oxygen atoms in total.